The van der Waals surface area contributed by atoms with Crippen LogP contribution >= 0.6 is 12.2 Å². The van der Waals surface area contributed by atoms with Crippen LogP contribution in [0.2, 0.25) is 0 Å². The smallest absolute Gasteiger partial charge is 0.344 e. The fourth-order valence-electron chi connectivity index (χ4n) is 2.66. The molecule has 1 aromatic carbocycles. The summed E-state index contributed by atoms with van der Waals surface area (Å²) in [5.41, 5.74) is 0.0621. The molecule has 3 rings (SSSR count). The molecule has 1 aromatic heterocycles. The van der Waals surface area contributed by atoms with Crippen molar-refractivity contribution >= 4 is 29.2 Å². The fraction of sp³-hybridized carbons (Fsp3) is 0.385. The highest BCUT2D eigenvalue weighted by molar-refractivity contribution is 7.71. The molecule has 0 radical (unpaired) electrons. The molecule has 1 fully saturated rings. The number of likely N-dealkylation sites (tertiary alicyclic amines) is 1. The molecule has 1 unspecified atom stereocenters. The molecule has 1 atom stereocenters. The molecule has 0 bridgehead atoms. The number of carbonyl (C=O) groups is 1. The first-order valence-electron chi connectivity index (χ1n) is 6.35. The van der Waals surface area contributed by atoms with Crippen LogP contribution in [0.15, 0.2) is 18.2 Å². The molecular formula is C13H12F3N3OS. The van der Waals surface area contributed by atoms with Crippen LogP contribution in [-0.4, -0.2) is 34.0 Å². The van der Waals surface area contributed by atoms with Gasteiger partial charge in [0, 0.05) is 13.6 Å². The summed E-state index contributed by atoms with van der Waals surface area (Å²) in [6.07, 6.45) is -3.81. The minimum absolute atomic E-state index is 0.0769. The first-order chi connectivity index (χ1) is 9.79. The third-order valence-electron chi connectivity index (χ3n) is 3.75. The average molecular weight is 315 g/mol. The maximum Gasteiger partial charge on any atom is 0.416 e. The Kier molecular flexibility index (Phi) is 3.09. The summed E-state index contributed by atoms with van der Waals surface area (Å²) in [5, 5.41) is 0. The van der Waals surface area contributed by atoms with Gasteiger partial charge in [-0.1, -0.05) is 0 Å². The molecule has 1 aliphatic heterocycles. The van der Waals surface area contributed by atoms with Gasteiger partial charge in [-0.3, -0.25) is 4.79 Å². The number of imidazole rings is 1. The van der Waals surface area contributed by atoms with Crippen molar-refractivity contribution in [2.75, 3.05) is 13.6 Å². The van der Waals surface area contributed by atoms with Gasteiger partial charge in [0.2, 0.25) is 5.91 Å². The van der Waals surface area contributed by atoms with Crippen molar-refractivity contribution in [1.82, 2.24) is 14.5 Å². The number of benzene rings is 1. The summed E-state index contributed by atoms with van der Waals surface area (Å²) < 4.78 is 40.1. The van der Waals surface area contributed by atoms with Crippen molar-refractivity contribution in [1.29, 1.82) is 0 Å². The number of nitrogens with one attached hydrogen (secondary N) is 1. The van der Waals surface area contributed by atoms with Gasteiger partial charge < -0.3 is 14.5 Å². The number of hydrogen-bond donors (Lipinski definition) is 1. The van der Waals surface area contributed by atoms with E-state index < -0.39 is 17.8 Å². The van der Waals surface area contributed by atoms with E-state index in [2.05, 4.69) is 4.98 Å². The highest BCUT2D eigenvalue weighted by Crippen LogP contribution is 2.33. The van der Waals surface area contributed by atoms with E-state index >= 15 is 0 Å². The molecule has 1 N–H and O–H groups in total. The number of alkyl halides is 3. The Balaban J connectivity index is 2.15. The van der Waals surface area contributed by atoms with Crippen molar-refractivity contribution in [3.05, 3.63) is 28.5 Å². The van der Waals surface area contributed by atoms with Gasteiger partial charge >= 0.3 is 6.18 Å². The molecule has 2 heterocycles. The fourth-order valence-corrected chi connectivity index (χ4v) is 3.00. The van der Waals surface area contributed by atoms with E-state index in [-0.39, 0.29) is 16.2 Å². The van der Waals surface area contributed by atoms with E-state index in [9.17, 15) is 18.0 Å². The number of hydrogen-bond acceptors (Lipinski definition) is 2. The van der Waals surface area contributed by atoms with Gasteiger partial charge in [-0.25, -0.2) is 0 Å². The molecule has 2 aromatic rings. The van der Waals surface area contributed by atoms with Gasteiger partial charge in [0.25, 0.3) is 0 Å². The number of aromatic amines is 1. The molecule has 0 saturated carbocycles. The van der Waals surface area contributed by atoms with Crippen molar-refractivity contribution in [2.24, 2.45) is 0 Å². The van der Waals surface area contributed by atoms with Gasteiger partial charge in [-0.05, 0) is 36.8 Å². The molecule has 0 spiro atoms. The quantitative estimate of drug-likeness (QED) is 0.822. The van der Waals surface area contributed by atoms with Crippen LogP contribution in [0.4, 0.5) is 13.2 Å². The number of nitrogens with zero attached hydrogens (tertiary/aromatic N) is 2. The van der Waals surface area contributed by atoms with Gasteiger partial charge in [0.05, 0.1) is 16.6 Å². The van der Waals surface area contributed by atoms with Gasteiger partial charge in [-0.15, -0.1) is 0 Å². The summed E-state index contributed by atoms with van der Waals surface area (Å²) >= 11 is 5.17. The Morgan fingerprint density at radius 1 is 1.38 bits per heavy atom. The van der Waals surface area contributed by atoms with Crippen molar-refractivity contribution in [3.8, 4) is 0 Å². The lowest BCUT2D eigenvalue weighted by Gasteiger charge is -2.13. The summed E-state index contributed by atoms with van der Waals surface area (Å²) in [7, 11) is 1.70. The molecule has 1 saturated heterocycles. The van der Waals surface area contributed by atoms with E-state index in [4.69, 9.17) is 12.2 Å². The third-order valence-corrected chi connectivity index (χ3v) is 4.05. The number of likely N-dealkylation sites (N-methyl/N-ethyl adjacent to an activating group) is 1. The van der Waals surface area contributed by atoms with Crippen molar-refractivity contribution < 1.29 is 18.0 Å². The zero-order valence-electron chi connectivity index (χ0n) is 11.1. The van der Waals surface area contributed by atoms with Crippen LogP contribution in [-0.2, 0) is 11.0 Å². The number of amides is 1. The van der Waals surface area contributed by atoms with Crippen LogP contribution in [0.5, 0.6) is 0 Å². The number of H-pyrrole nitrogens is 1. The lowest BCUT2D eigenvalue weighted by molar-refractivity contribution is -0.137. The number of carbonyl (C=O) groups excluding carboxylic acids is 1. The molecular weight excluding hydrogens is 303 g/mol. The second-order valence-corrected chi connectivity index (χ2v) is 5.48. The Morgan fingerprint density at radius 2 is 2.10 bits per heavy atom. The number of aromatic nitrogens is 2. The van der Waals surface area contributed by atoms with Gasteiger partial charge in [-0.2, -0.15) is 13.2 Å². The van der Waals surface area contributed by atoms with Crippen LogP contribution in [0, 0.1) is 4.77 Å². The monoisotopic (exact) mass is 315 g/mol. The van der Waals surface area contributed by atoms with Crippen molar-refractivity contribution in [3.63, 3.8) is 0 Å². The minimum atomic E-state index is -4.41. The third kappa shape index (κ3) is 2.23. The maximum atomic E-state index is 12.7. The summed E-state index contributed by atoms with van der Waals surface area (Å²) in [6.45, 7) is 0.610. The summed E-state index contributed by atoms with van der Waals surface area (Å²) in [5.74, 6) is -0.0769. The second kappa shape index (κ2) is 4.59. The predicted molar refractivity (Wildman–Crippen MR) is 73.4 cm³/mol. The average Bonchev–Trinajstić information content (AvgIpc) is 2.88. The SMILES string of the molecule is CN1CCC(n2c(=S)[nH]c3cc(C(F)(F)F)ccc32)C1=O. The summed E-state index contributed by atoms with van der Waals surface area (Å²) in [6, 6.07) is 2.93. The zero-order valence-corrected chi connectivity index (χ0v) is 11.9. The van der Waals surface area contributed by atoms with E-state index in [1.54, 1.807) is 16.5 Å². The number of rotatable bonds is 1. The topological polar surface area (TPSA) is 41.0 Å². The molecule has 4 nitrogen and oxygen atoms in total. The van der Waals surface area contributed by atoms with Gasteiger partial charge in [0.15, 0.2) is 4.77 Å². The van der Waals surface area contributed by atoms with E-state index in [1.807, 2.05) is 0 Å². The Labute approximate surface area is 123 Å². The first kappa shape index (κ1) is 14.1. The highest BCUT2D eigenvalue weighted by Gasteiger charge is 2.34. The number of halogens is 3. The summed E-state index contributed by atoms with van der Waals surface area (Å²) in [4.78, 5) is 16.4. The second-order valence-electron chi connectivity index (χ2n) is 5.09. The van der Waals surface area contributed by atoms with E-state index in [0.29, 0.717) is 18.5 Å². The first-order valence-corrected chi connectivity index (χ1v) is 6.76. The minimum Gasteiger partial charge on any atom is -0.344 e. The standard InChI is InChI=1S/C13H12F3N3OS/c1-18-5-4-10(11(18)20)19-9-3-2-7(13(14,15)16)6-8(9)17-12(19)21/h2-3,6,10H,4-5H2,1H3,(H,17,21). The Bertz CT molecular complexity index is 777. The predicted octanol–water partition coefficient (Wildman–Crippen LogP) is 3.12. The Morgan fingerprint density at radius 3 is 2.67 bits per heavy atom. The molecule has 8 heteroatoms. The maximum absolute atomic E-state index is 12.7. The van der Waals surface area contributed by atoms with Crippen LogP contribution in [0.3, 0.4) is 0 Å². The van der Waals surface area contributed by atoms with Crippen LogP contribution < -0.4 is 0 Å². The Hall–Kier alpha value is -1.83. The molecule has 1 aliphatic rings. The van der Waals surface area contributed by atoms with Crippen LogP contribution in [0.1, 0.15) is 18.0 Å². The van der Waals surface area contributed by atoms with E-state index in [1.165, 1.54) is 6.07 Å². The lowest BCUT2D eigenvalue weighted by Crippen LogP contribution is -2.24. The number of fused-ring (bicyclic) bond motifs is 1. The lowest BCUT2D eigenvalue weighted by atomic mass is 10.2. The van der Waals surface area contributed by atoms with E-state index in [0.717, 1.165) is 12.1 Å². The van der Waals surface area contributed by atoms with Gasteiger partial charge in [0.1, 0.15) is 6.04 Å². The normalized spacial score (nSPS) is 19.7. The molecule has 21 heavy (non-hydrogen) atoms. The highest BCUT2D eigenvalue weighted by atomic mass is 32.1. The van der Waals surface area contributed by atoms with Crippen molar-refractivity contribution in [2.45, 2.75) is 18.6 Å². The van der Waals surface area contributed by atoms with Crippen LogP contribution in [0.25, 0.3) is 11.0 Å². The largest absolute Gasteiger partial charge is 0.416 e. The molecule has 0 aliphatic carbocycles. The molecule has 1 amide bonds. The zero-order chi connectivity index (χ0) is 15.4. The molecule has 112 valence electrons.